The normalized spacial score (nSPS) is 16.6. The molecule has 37 heavy (non-hydrogen) atoms. The van der Waals surface area contributed by atoms with Crippen LogP contribution in [-0.4, -0.2) is 41.6 Å². The Morgan fingerprint density at radius 2 is 1.68 bits per heavy atom. The Bertz CT molecular complexity index is 1370. The summed E-state index contributed by atoms with van der Waals surface area (Å²) in [5, 5.41) is 21.1. The number of carbonyl (C=O) groups excluding carboxylic acids is 3. The van der Waals surface area contributed by atoms with Gasteiger partial charge in [-0.1, -0.05) is 24.3 Å². The molecule has 8 heteroatoms. The quantitative estimate of drug-likeness (QED) is 0.213. The van der Waals surface area contributed by atoms with Gasteiger partial charge in [0.25, 0.3) is 11.7 Å². The summed E-state index contributed by atoms with van der Waals surface area (Å²) in [6.45, 7) is 3.78. The van der Waals surface area contributed by atoms with Crippen LogP contribution in [-0.2, 0) is 25.5 Å². The van der Waals surface area contributed by atoms with Crippen LogP contribution in [0.3, 0.4) is 0 Å². The molecule has 4 rings (SSSR count). The number of Topliss-reactive ketones (excluding diaryl/α,β-unsaturated/α-hetero) is 1. The summed E-state index contributed by atoms with van der Waals surface area (Å²) in [6.07, 6.45) is 0.0745. The lowest BCUT2D eigenvalue weighted by Crippen LogP contribution is -2.29. The zero-order valence-corrected chi connectivity index (χ0v) is 20.7. The molecule has 1 heterocycles. The molecule has 3 aromatic rings. The monoisotopic (exact) mass is 501 g/mol. The fraction of sp³-hybridized carbons (Fsp3) is 0.207. The van der Waals surface area contributed by atoms with Gasteiger partial charge in [-0.05, 0) is 73.0 Å². The SMILES string of the molecule is CCOC(=O)Cc1ccc(N2C(=O)C(=O)/C(=C(\O)c3ccc(OC)cc3C)C2c2ccc(O)cc2)cc1. The molecule has 1 atom stereocenters. The van der Waals surface area contributed by atoms with Gasteiger partial charge in [-0.3, -0.25) is 19.3 Å². The first-order valence-electron chi connectivity index (χ1n) is 11.7. The fourth-order valence-corrected chi connectivity index (χ4v) is 4.40. The molecule has 0 radical (unpaired) electrons. The molecular weight excluding hydrogens is 474 g/mol. The third-order valence-corrected chi connectivity index (χ3v) is 6.21. The summed E-state index contributed by atoms with van der Waals surface area (Å²) in [6, 6.07) is 16.8. The average Bonchev–Trinajstić information content (AvgIpc) is 3.15. The van der Waals surface area contributed by atoms with Crippen LogP contribution < -0.4 is 9.64 Å². The Labute approximate surface area is 214 Å². The summed E-state index contributed by atoms with van der Waals surface area (Å²) >= 11 is 0. The molecule has 190 valence electrons. The van der Waals surface area contributed by atoms with Crippen molar-refractivity contribution in [1.82, 2.24) is 0 Å². The van der Waals surface area contributed by atoms with E-state index in [1.165, 1.54) is 24.1 Å². The molecule has 1 fully saturated rings. The van der Waals surface area contributed by atoms with Crippen LogP contribution >= 0.6 is 0 Å². The zero-order valence-electron chi connectivity index (χ0n) is 20.7. The standard InChI is InChI=1S/C29H27NO7/c1-4-37-24(32)16-18-5-9-20(10-6-18)30-26(19-7-11-21(31)12-8-19)25(28(34)29(30)35)27(33)23-14-13-22(36-3)15-17(23)2/h5-15,26,31,33H,4,16H2,1-3H3/b27-25-. The van der Waals surface area contributed by atoms with E-state index in [1.54, 1.807) is 68.4 Å². The van der Waals surface area contributed by atoms with Crippen molar-refractivity contribution >= 4 is 29.1 Å². The Balaban J connectivity index is 1.82. The van der Waals surface area contributed by atoms with E-state index in [0.717, 1.165) is 0 Å². The van der Waals surface area contributed by atoms with Crippen molar-refractivity contribution in [2.24, 2.45) is 0 Å². The number of aliphatic hydroxyl groups is 1. The van der Waals surface area contributed by atoms with Crippen molar-refractivity contribution in [3.8, 4) is 11.5 Å². The first kappa shape index (κ1) is 25.5. The van der Waals surface area contributed by atoms with Crippen LogP contribution in [0.15, 0.2) is 72.3 Å². The van der Waals surface area contributed by atoms with Gasteiger partial charge >= 0.3 is 5.97 Å². The maximum atomic E-state index is 13.3. The first-order chi connectivity index (χ1) is 17.7. The number of benzene rings is 3. The van der Waals surface area contributed by atoms with Crippen LogP contribution in [0.4, 0.5) is 5.69 Å². The third-order valence-electron chi connectivity index (χ3n) is 6.21. The average molecular weight is 502 g/mol. The number of esters is 1. The predicted molar refractivity (Wildman–Crippen MR) is 137 cm³/mol. The Hall–Kier alpha value is -4.59. The number of rotatable bonds is 7. The molecule has 1 aliphatic rings. The molecule has 0 saturated carbocycles. The number of aryl methyl sites for hydroxylation is 1. The van der Waals surface area contributed by atoms with Crippen molar-refractivity contribution in [2.45, 2.75) is 26.3 Å². The topological polar surface area (TPSA) is 113 Å². The largest absolute Gasteiger partial charge is 0.508 e. The lowest BCUT2D eigenvalue weighted by molar-refractivity contribution is -0.142. The van der Waals surface area contributed by atoms with E-state index in [2.05, 4.69) is 0 Å². The fourth-order valence-electron chi connectivity index (χ4n) is 4.40. The second-order valence-electron chi connectivity index (χ2n) is 8.59. The van der Waals surface area contributed by atoms with Crippen LogP contribution in [0, 0.1) is 6.92 Å². The second kappa shape index (κ2) is 10.6. The summed E-state index contributed by atoms with van der Waals surface area (Å²) in [7, 11) is 1.53. The number of carbonyl (C=O) groups is 3. The summed E-state index contributed by atoms with van der Waals surface area (Å²) in [5.41, 5.74) is 2.62. The molecule has 0 spiro atoms. The highest BCUT2D eigenvalue weighted by atomic mass is 16.5. The summed E-state index contributed by atoms with van der Waals surface area (Å²) in [5.74, 6) is -1.69. The number of nitrogens with zero attached hydrogens (tertiary/aromatic N) is 1. The molecule has 1 aliphatic heterocycles. The van der Waals surface area contributed by atoms with E-state index >= 15 is 0 Å². The number of methoxy groups -OCH3 is 1. The minimum atomic E-state index is -0.946. The van der Waals surface area contributed by atoms with E-state index in [0.29, 0.717) is 33.7 Å². The zero-order chi connectivity index (χ0) is 26.7. The van der Waals surface area contributed by atoms with Gasteiger partial charge in [-0.15, -0.1) is 0 Å². The minimum Gasteiger partial charge on any atom is -0.508 e. The van der Waals surface area contributed by atoms with Crippen molar-refractivity contribution < 1.29 is 34.1 Å². The number of phenols is 1. The van der Waals surface area contributed by atoms with Gasteiger partial charge < -0.3 is 19.7 Å². The van der Waals surface area contributed by atoms with Gasteiger partial charge in [-0.2, -0.15) is 0 Å². The van der Waals surface area contributed by atoms with Gasteiger partial charge in [0.05, 0.1) is 31.8 Å². The highest BCUT2D eigenvalue weighted by Crippen LogP contribution is 2.43. The number of aliphatic hydroxyl groups excluding tert-OH is 1. The number of ketones is 1. The lowest BCUT2D eigenvalue weighted by atomic mass is 9.93. The molecule has 1 saturated heterocycles. The van der Waals surface area contributed by atoms with E-state index in [4.69, 9.17) is 9.47 Å². The number of aromatic hydroxyl groups is 1. The smallest absolute Gasteiger partial charge is 0.310 e. The second-order valence-corrected chi connectivity index (χ2v) is 8.59. The Kier molecular flexibility index (Phi) is 7.29. The van der Waals surface area contributed by atoms with Gasteiger partial charge in [0.1, 0.15) is 17.3 Å². The van der Waals surface area contributed by atoms with Crippen molar-refractivity contribution in [3.63, 3.8) is 0 Å². The highest BCUT2D eigenvalue weighted by molar-refractivity contribution is 6.51. The van der Waals surface area contributed by atoms with Gasteiger partial charge in [-0.25, -0.2) is 0 Å². The Morgan fingerprint density at radius 1 is 1.00 bits per heavy atom. The number of amides is 1. The van der Waals surface area contributed by atoms with Crippen LogP contribution in [0.25, 0.3) is 5.76 Å². The Morgan fingerprint density at radius 3 is 2.27 bits per heavy atom. The molecule has 0 bridgehead atoms. The van der Waals surface area contributed by atoms with E-state index in [9.17, 15) is 24.6 Å². The number of hydrogen-bond donors (Lipinski definition) is 2. The summed E-state index contributed by atoms with van der Waals surface area (Å²) in [4.78, 5) is 39.8. The maximum absolute atomic E-state index is 13.3. The predicted octanol–water partition coefficient (Wildman–Crippen LogP) is 4.44. The molecule has 3 aromatic carbocycles. The summed E-state index contributed by atoms with van der Waals surface area (Å²) < 4.78 is 10.2. The third kappa shape index (κ3) is 5.04. The number of hydrogen-bond acceptors (Lipinski definition) is 7. The molecule has 1 amide bonds. The van der Waals surface area contributed by atoms with E-state index in [1.807, 2.05) is 0 Å². The van der Waals surface area contributed by atoms with E-state index in [-0.39, 0.29) is 36.1 Å². The van der Waals surface area contributed by atoms with Crippen LogP contribution in [0.1, 0.15) is 35.2 Å². The van der Waals surface area contributed by atoms with Crippen molar-refractivity contribution in [2.75, 3.05) is 18.6 Å². The minimum absolute atomic E-state index is 0.0232. The van der Waals surface area contributed by atoms with Gasteiger partial charge in [0.2, 0.25) is 0 Å². The van der Waals surface area contributed by atoms with Crippen LogP contribution in [0.2, 0.25) is 0 Å². The van der Waals surface area contributed by atoms with E-state index < -0.39 is 17.7 Å². The van der Waals surface area contributed by atoms with Gasteiger partial charge in [0, 0.05) is 11.3 Å². The molecule has 8 nitrogen and oxygen atoms in total. The van der Waals surface area contributed by atoms with Crippen LogP contribution in [0.5, 0.6) is 11.5 Å². The lowest BCUT2D eigenvalue weighted by Gasteiger charge is -2.26. The maximum Gasteiger partial charge on any atom is 0.310 e. The first-order valence-corrected chi connectivity index (χ1v) is 11.7. The molecule has 2 N–H and O–H groups in total. The number of phenolic OH excluding ortho intramolecular Hbond substituents is 1. The molecule has 0 aliphatic carbocycles. The molecular formula is C29H27NO7. The van der Waals surface area contributed by atoms with Crippen molar-refractivity contribution in [3.05, 3.63) is 94.6 Å². The number of anilines is 1. The highest BCUT2D eigenvalue weighted by Gasteiger charge is 2.47. The number of ether oxygens (including phenoxy) is 2. The molecule has 0 aromatic heterocycles. The van der Waals surface area contributed by atoms with Crippen molar-refractivity contribution in [1.29, 1.82) is 0 Å². The molecule has 1 unspecified atom stereocenters. The van der Waals surface area contributed by atoms with Gasteiger partial charge in [0.15, 0.2) is 0 Å².